The van der Waals surface area contributed by atoms with Gasteiger partial charge in [-0.05, 0) is 62.3 Å². The predicted molar refractivity (Wildman–Crippen MR) is 236 cm³/mol. The number of phenols is 1. The van der Waals surface area contributed by atoms with Gasteiger partial charge in [0.05, 0.1) is 39.6 Å². The molecular formula is C44H74N6O10S. The summed E-state index contributed by atoms with van der Waals surface area (Å²) in [6, 6.07) is 6.05. The number of hydrogen-bond donors (Lipinski definition) is 5. The second kappa shape index (κ2) is 31.0. The molecule has 346 valence electrons. The van der Waals surface area contributed by atoms with Crippen LogP contribution in [0.5, 0.6) is 5.75 Å². The fourth-order valence-corrected chi connectivity index (χ4v) is 7.24. The summed E-state index contributed by atoms with van der Waals surface area (Å²) in [7, 11) is 1.86. The third kappa shape index (κ3) is 21.7. The highest BCUT2D eigenvalue weighted by Crippen LogP contribution is 2.31. The molecular weight excluding hydrogens is 805 g/mol. The van der Waals surface area contributed by atoms with E-state index in [2.05, 4.69) is 56.1 Å². The van der Waals surface area contributed by atoms with E-state index in [9.17, 15) is 24.3 Å². The van der Waals surface area contributed by atoms with E-state index in [4.69, 9.17) is 28.7 Å². The molecule has 5 N–H and O–H groups in total. The number of carbonyl (C=O) groups excluding carboxylic acids is 4. The number of thiazole rings is 1. The second-order valence-electron chi connectivity index (χ2n) is 15.7. The Bertz CT molecular complexity index is 1530. The lowest BCUT2D eigenvalue weighted by atomic mass is 9.94. The zero-order valence-corrected chi connectivity index (χ0v) is 38.6. The molecule has 0 aliphatic carbocycles. The molecule has 0 aliphatic rings. The SMILES string of the molecule is CCCO[C@H](CC(C(C)C)N(CCC)C(=O)C[C@@H](C)CC)c1nc(C(=O)N[C@@H](Cc2ccc(O)cc2)C[C@H](C)C(=O)NNC(=O)OCCOCCOCCOCCNC)cs1. The van der Waals surface area contributed by atoms with Crippen LogP contribution in [0.1, 0.15) is 114 Å². The Labute approximate surface area is 367 Å². The molecule has 1 heterocycles. The molecule has 16 nitrogen and oxygen atoms in total. The average Bonchev–Trinajstić information content (AvgIpc) is 3.74. The van der Waals surface area contributed by atoms with E-state index in [1.807, 2.05) is 18.9 Å². The number of hydrazine groups is 1. The summed E-state index contributed by atoms with van der Waals surface area (Å²) >= 11 is 1.35. The lowest BCUT2D eigenvalue weighted by Gasteiger charge is -2.37. The molecule has 1 aromatic heterocycles. The Morgan fingerprint density at radius 3 is 2.10 bits per heavy atom. The van der Waals surface area contributed by atoms with Crippen molar-refractivity contribution in [1.29, 1.82) is 0 Å². The molecule has 2 rings (SSSR count). The van der Waals surface area contributed by atoms with Crippen LogP contribution < -0.4 is 21.5 Å². The van der Waals surface area contributed by atoms with Crippen molar-refractivity contribution in [3.8, 4) is 5.75 Å². The van der Waals surface area contributed by atoms with E-state index in [1.54, 1.807) is 36.6 Å². The number of benzene rings is 1. The molecule has 0 saturated heterocycles. The molecule has 4 amide bonds. The maximum Gasteiger partial charge on any atom is 0.426 e. The molecule has 2 aromatic rings. The number of carbonyl (C=O) groups is 4. The van der Waals surface area contributed by atoms with E-state index in [-0.39, 0.29) is 48.9 Å². The largest absolute Gasteiger partial charge is 0.508 e. The summed E-state index contributed by atoms with van der Waals surface area (Å²) in [4.78, 5) is 59.5. The second-order valence-corrected chi connectivity index (χ2v) is 16.5. The number of rotatable bonds is 32. The molecule has 5 atom stereocenters. The predicted octanol–water partition coefficient (Wildman–Crippen LogP) is 5.80. The summed E-state index contributed by atoms with van der Waals surface area (Å²) in [6.45, 7) is 18.6. The number of hydrogen-bond acceptors (Lipinski definition) is 13. The lowest BCUT2D eigenvalue weighted by Crippen LogP contribution is -2.46. The Hall–Kier alpha value is -3.87. The van der Waals surface area contributed by atoms with Gasteiger partial charge in [-0.25, -0.2) is 15.2 Å². The molecule has 0 spiro atoms. The van der Waals surface area contributed by atoms with Gasteiger partial charge in [-0.3, -0.25) is 19.8 Å². The van der Waals surface area contributed by atoms with Gasteiger partial charge in [-0.1, -0.05) is 67.0 Å². The van der Waals surface area contributed by atoms with Gasteiger partial charge in [-0.15, -0.1) is 11.3 Å². The van der Waals surface area contributed by atoms with Crippen molar-refractivity contribution in [2.75, 3.05) is 73.0 Å². The van der Waals surface area contributed by atoms with Crippen LogP contribution in [0.4, 0.5) is 4.79 Å². The Kier molecular flexibility index (Phi) is 27.1. The molecule has 0 saturated carbocycles. The molecule has 0 bridgehead atoms. The summed E-state index contributed by atoms with van der Waals surface area (Å²) in [6.07, 6.45) is 2.95. The van der Waals surface area contributed by atoms with Gasteiger partial charge in [-0.2, -0.15) is 0 Å². The molecule has 61 heavy (non-hydrogen) atoms. The minimum Gasteiger partial charge on any atom is -0.508 e. The quantitative estimate of drug-likeness (QED) is 0.0438. The minimum absolute atomic E-state index is 0.0252. The van der Waals surface area contributed by atoms with E-state index >= 15 is 0 Å². The normalized spacial score (nSPS) is 13.9. The Morgan fingerprint density at radius 2 is 1.49 bits per heavy atom. The highest BCUT2D eigenvalue weighted by molar-refractivity contribution is 7.09. The Morgan fingerprint density at radius 1 is 0.836 bits per heavy atom. The summed E-state index contributed by atoms with van der Waals surface area (Å²) in [5.41, 5.74) is 5.72. The van der Waals surface area contributed by atoms with Crippen LogP contribution in [0, 0.1) is 17.8 Å². The van der Waals surface area contributed by atoms with Crippen molar-refractivity contribution >= 4 is 35.2 Å². The van der Waals surface area contributed by atoms with Crippen molar-refractivity contribution in [3.05, 3.63) is 45.9 Å². The van der Waals surface area contributed by atoms with Crippen LogP contribution in [0.3, 0.4) is 0 Å². The summed E-state index contributed by atoms with van der Waals surface area (Å²) in [5.74, 6) is -0.797. The van der Waals surface area contributed by atoms with E-state index in [0.717, 1.165) is 31.4 Å². The molecule has 1 aromatic carbocycles. The number of phenolic OH excluding ortho intramolecular Hbond substituents is 1. The average molecular weight is 879 g/mol. The first kappa shape index (κ1) is 53.3. The van der Waals surface area contributed by atoms with Gasteiger partial charge < -0.3 is 44.3 Å². The van der Waals surface area contributed by atoms with Gasteiger partial charge in [0.25, 0.3) is 5.91 Å². The molecule has 0 radical (unpaired) electrons. The van der Waals surface area contributed by atoms with Crippen LogP contribution >= 0.6 is 11.3 Å². The van der Waals surface area contributed by atoms with E-state index in [0.29, 0.717) is 76.4 Å². The Balaban J connectivity index is 2.04. The topological polar surface area (TPSA) is 199 Å². The van der Waals surface area contributed by atoms with Gasteiger partial charge in [0, 0.05) is 55.9 Å². The van der Waals surface area contributed by atoms with Crippen LogP contribution in [-0.2, 0) is 39.7 Å². The summed E-state index contributed by atoms with van der Waals surface area (Å²) < 4.78 is 27.6. The number of aromatic hydroxyl groups is 1. The van der Waals surface area contributed by atoms with Gasteiger partial charge in [0.15, 0.2) is 0 Å². The van der Waals surface area contributed by atoms with Crippen molar-refractivity contribution in [1.82, 2.24) is 31.4 Å². The third-order valence-electron chi connectivity index (χ3n) is 10.0. The maximum absolute atomic E-state index is 13.8. The first-order chi connectivity index (χ1) is 29.3. The highest BCUT2D eigenvalue weighted by Gasteiger charge is 2.32. The number of amides is 4. The van der Waals surface area contributed by atoms with Crippen molar-refractivity contribution in [2.24, 2.45) is 17.8 Å². The first-order valence-corrected chi connectivity index (χ1v) is 22.8. The molecule has 0 aliphatic heterocycles. The maximum atomic E-state index is 13.8. The smallest absolute Gasteiger partial charge is 0.426 e. The highest BCUT2D eigenvalue weighted by atomic mass is 32.1. The fourth-order valence-electron chi connectivity index (χ4n) is 6.38. The minimum atomic E-state index is -0.843. The molecule has 1 unspecified atom stereocenters. The van der Waals surface area contributed by atoms with Crippen LogP contribution in [-0.4, -0.2) is 124 Å². The molecule has 0 fully saturated rings. The number of nitrogens with one attached hydrogen (secondary N) is 4. The standard InChI is InChI=1S/C44H74N6O10S/c1-9-17-50(40(52)26-32(6)11-3)38(31(4)5)29-39(59-18-10-2)43-47-37(30-61-43)42(54)46-35(28-34-12-14-36(51)15-13-34)27-33(7)41(53)48-49-44(55)60-25-24-58-23-22-57-21-20-56-19-16-45-8/h12-15,30-33,35,38-39,45,51H,9-11,16-29H2,1-8H3,(H,46,54)(H,48,53)(H,49,55)/t32-,33-,35+,38?,39+/m0/s1. The van der Waals surface area contributed by atoms with E-state index < -0.39 is 36.0 Å². The number of nitrogens with zero attached hydrogens (tertiary/aromatic N) is 2. The zero-order chi connectivity index (χ0) is 45.0. The number of aromatic nitrogens is 1. The first-order valence-electron chi connectivity index (χ1n) is 21.9. The van der Waals surface area contributed by atoms with Crippen molar-refractivity contribution < 1.29 is 48.0 Å². The monoisotopic (exact) mass is 879 g/mol. The number of ether oxygens (including phenoxy) is 5. The van der Waals surface area contributed by atoms with Crippen molar-refractivity contribution in [3.63, 3.8) is 0 Å². The van der Waals surface area contributed by atoms with Gasteiger partial charge in [0.2, 0.25) is 11.8 Å². The van der Waals surface area contributed by atoms with Crippen molar-refractivity contribution in [2.45, 2.75) is 112 Å². The van der Waals surface area contributed by atoms with Gasteiger partial charge >= 0.3 is 6.09 Å². The summed E-state index contributed by atoms with van der Waals surface area (Å²) in [5, 5.41) is 18.3. The number of likely N-dealkylation sites (N-methyl/N-ethyl adjacent to an activating group) is 1. The van der Waals surface area contributed by atoms with Crippen LogP contribution in [0.25, 0.3) is 0 Å². The zero-order valence-electron chi connectivity index (χ0n) is 37.8. The fraction of sp³-hybridized carbons (Fsp3) is 0.705. The van der Waals surface area contributed by atoms with E-state index in [1.165, 1.54) is 11.3 Å². The lowest BCUT2D eigenvalue weighted by molar-refractivity contribution is -0.136. The van der Waals surface area contributed by atoms with Crippen LogP contribution in [0.15, 0.2) is 29.6 Å². The van der Waals surface area contributed by atoms with Gasteiger partial charge in [0.1, 0.15) is 29.2 Å². The molecule has 17 heteroatoms. The van der Waals surface area contributed by atoms with Crippen LogP contribution in [0.2, 0.25) is 0 Å². The third-order valence-corrected chi connectivity index (χ3v) is 10.9.